The first kappa shape index (κ1) is 14.6. The second-order valence-corrected chi connectivity index (χ2v) is 3.74. The highest BCUT2D eigenvalue weighted by molar-refractivity contribution is 5.74. The molecule has 19 heavy (non-hydrogen) atoms. The fourth-order valence-electron chi connectivity index (χ4n) is 1.25. The van der Waals surface area contributed by atoms with Crippen LogP contribution in [-0.2, 0) is 11.2 Å². The Morgan fingerprint density at radius 1 is 1.42 bits per heavy atom. The Balaban J connectivity index is 0.000000200. The normalized spacial score (nSPS) is 11.0. The number of aromatic amines is 1. The Morgan fingerprint density at radius 2 is 2.11 bits per heavy atom. The third-order valence-corrected chi connectivity index (χ3v) is 2.24. The molecule has 0 saturated carbocycles. The molecule has 0 bridgehead atoms. The van der Waals surface area contributed by atoms with Crippen molar-refractivity contribution in [3.8, 4) is 0 Å². The Bertz CT molecular complexity index is 497. The number of nitrogens with one attached hydrogen (secondary N) is 1. The van der Waals surface area contributed by atoms with Crippen LogP contribution in [0.15, 0.2) is 42.9 Å². The number of aromatic nitrogens is 2. The number of carbonyl (C=O) groups excluding carboxylic acids is 1. The average Bonchev–Trinajstić information content (AvgIpc) is 2.93. The quantitative estimate of drug-likeness (QED) is 0.707. The summed E-state index contributed by atoms with van der Waals surface area (Å²) < 4.78 is 0. The minimum atomic E-state index is -1.01. The first-order valence-electron chi connectivity index (χ1n) is 5.59. The molecular formula is C13H15N3O3. The van der Waals surface area contributed by atoms with Gasteiger partial charge in [-0.25, -0.2) is 4.98 Å². The second kappa shape index (κ2) is 7.78. The number of H-pyrrole nitrogens is 1. The van der Waals surface area contributed by atoms with E-state index in [1.807, 2.05) is 18.2 Å². The summed E-state index contributed by atoms with van der Waals surface area (Å²) in [7, 11) is 0. The molecule has 0 radical (unpaired) electrons. The van der Waals surface area contributed by atoms with Crippen LogP contribution in [0, 0.1) is 0 Å². The van der Waals surface area contributed by atoms with Crippen LogP contribution in [0.5, 0.6) is 0 Å². The van der Waals surface area contributed by atoms with Gasteiger partial charge in [-0.2, -0.15) is 0 Å². The maximum atomic E-state index is 10.3. The summed E-state index contributed by atoms with van der Waals surface area (Å²) in [4.78, 5) is 26.8. The molecule has 0 unspecified atom stereocenters. The van der Waals surface area contributed by atoms with Gasteiger partial charge in [0.05, 0.1) is 12.0 Å². The maximum absolute atomic E-state index is 10.3. The van der Waals surface area contributed by atoms with Gasteiger partial charge in [0.15, 0.2) is 0 Å². The van der Waals surface area contributed by atoms with E-state index in [0.717, 1.165) is 11.8 Å². The predicted molar refractivity (Wildman–Crippen MR) is 69.7 cm³/mol. The van der Waals surface area contributed by atoms with Crippen LogP contribution in [-0.4, -0.2) is 33.4 Å². The van der Waals surface area contributed by atoms with Crippen molar-refractivity contribution < 1.29 is 14.7 Å². The molecular weight excluding hydrogens is 246 g/mol. The minimum Gasteiger partial charge on any atom is -0.480 e. The molecule has 6 heteroatoms. The Kier molecular flexibility index (Phi) is 5.97. The van der Waals surface area contributed by atoms with Gasteiger partial charge in [0.1, 0.15) is 12.3 Å². The molecule has 1 aromatic carbocycles. The van der Waals surface area contributed by atoms with Crippen LogP contribution in [0.1, 0.15) is 16.1 Å². The molecule has 0 aliphatic rings. The van der Waals surface area contributed by atoms with Crippen LogP contribution in [0.4, 0.5) is 0 Å². The van der Waals surface area contributed by atoms with Gasteiger partial charge >= 0.3 is 5.97 Å². The molecule has 1 heterocycles. The molecule has 2 rings (SSSR count). The van der Waals surface area contributed by atoms with Crippen LogP contribution < -0.4 is 5.73 Å². The Morgan fingerprint density at radius 3 is 2.53 bits per heavy atom. The first-order valence-corrected chi connectivity index (χ1v) is 5.59. The fourth-order valence-corrected chi connectivity index (χ4v) is 1.25. The van der Waals surface area contributed by atoms with Gasteiger partial charge in [-0.05, 0) is 0 Å². The topological polar surface area (TPSA) is 109 Å². The first-order chi connectivity index (χ1) is 9.13. The smallest absolute Gasteiger partial charge is 0.320 e. The van der Waals surface area contributed by atoms with Crippen LogP contribution in [0.3, 0.4) is 0 Å². The number of carboxylic acid groups (broad SMARTS) is 1. The highest BCUT2D eigenvalue weighted by Crippen LogP contribution is 1.95. The molecule has 1 aromatic heterocycles. The maximum Gasteiger partial charge on any atom is 0.320 e. The van der Waals surface area contributed by atoms with Crippen molar-refractivity contribution in [2.75, 3.05) is 0 Å². The number of hydrogen-bond donors (Lipinski definition) is 3. The standard InChI is InChI=1S/C7H6O.C6H9N3O2/c8-6-7-4-2-1-3-5-7;7-5(6(10)11)1-4-2-8-3-9-4/h1-6H;2-3,5H,1,7H2,(H,8,9)(H,10,11)/t;5-/m.0/s1. The summed E-state index contributed by atoms with van der Waals surface area (Å²) in [5, 5.41) is 8.42. The lowest BCUT2D eigenvalue weighted by atomic mass is 10.2. The zero-order chi connectivity index (χ0) is 14.1. The molecule has 2 aromatic rings. The van der Waals surface area contributed by atoms with E-state index in [1.54, 1.807) is 18.3 Å². The van der Waals surface area contributed by atoms with Crippen LogP contribution in [0.2, 0.25) is 0 Å². The molecule has 1 atom stereocenters. The average molecular weight is 261 g/mol. The number of aliphatic carboxylic acids is 1. The molecule has 0 amide bonds. The zero-order valence-electron chi connectivity index (χ0n) is 10.2. The van der Waals surface area contributed by atoms with Gasteiger partial charge in [-0.3, -0.25) is 9.59 Å². The van der Waals surface area contributed by atoms with Gasteiger partial charge in [0.25, 0.3) is 0 Å². The molecule has 0 saturated heterocycles. The van der Waals surface area contributed by atoms with E-state index in [0.29, 0.717) is 5.69 Å². The summed E-state index contributed by atoms with van der Waals surface area (Å²) in [6, 6.07) is 8.24. The van der Waals surface area contributed by atoms with Crippen molar-refractivity contribution >= 4 is 12.3 Å². The molecule has 100 valence electrons. The summed E-state index contributed by atoms with van der Waals surface area (Å²) in [5.74, 6) is -1.01. The van der Waals surface area contributed by atoms with E-state index in [4.69, 9.17) is 10.8 Å². The number of nitrogens with two attached hydrogens (primary N) is 1. The van der Waals surface area contributed by atoms with Crippen molar-refractivity contribution in [1.82, 2.24) is 9.97 Å². The summed E-state index contributed by atoms with van der Waals surface area (Å²) in [5.41, 5.74) is 6.65. The van der Waals surface area contributed by atoms with Crippen molar-refractivity contribution in [2.45, 2.75) is 12.5 Å². The van der Waals surface area contributed by atoms with E-state index in [-0.39, 0.29) is 6.42 Å². The van der Waals surface area contributed by atoms with Crippen molar-refractivity contribution in [3.63, 3.8) is 0 Å². The SMILES string of the molecule is N[C@@H](Cc1c[nH]cn1)C(=O)O.O=Cc1ccccc1. The minimum absolute atomic E-state index is 0.263. The van der Waals surface area contributed by atoms with Gasteiger partial charge < -0.3 is 15.8 Å². The van der Waals surface area contributed by atoms with Crippen molar-refractivity contribution in [2.24, 2.45) is 5.73 Å². The van der Waals surface area contributed by atoms with E-state index in [9.17, 15) is 9.59 Å². The van der Waals surface area contributed by atoms with E-state index < -0.39 is 12.0 Å². The fraction of sp³-hybridized carbons (Fsp3) is 0.154. The third-order valence-electron chi connectivity index (χ3n) is 2.24. The number of hydrogen-bond acceptors (Lipinski definition) is 4. The number of benzene rings is 1. The summed E-state index contributed by atoms with van der Waals surface area (Å²) in [6.45, 7) is 0. The molecule has 6 nitrogen and oxygen atoms in total. The molecule has 0 aliphatic carbocycles. The monoisotopic (exact) mass is 261 g/mol. The van der Waals surface area contributed by atoms with E-state index in [1.165, 1.54) is 6.33 Å². The number of nitrogens with zero attached hydrogens (tertiary/aromatic N) is 1. The molecule has 4 N–H and O–H groups in total. The predicted octanol–water partition coefficient (Wildman–Crippen LogP) is 0.863. The number of imidazole rings is 1. The lowest BCUT2D eigenvalue weighted by molar-refractivity contribution is -0.138. The number of carbonyl (C=O) groups is 2. The molecule has 0 spiro atoms. The summed E-state index contributed by atoms with van der Waals surface area (Å²) >= 11 is 0. The van der Waals surface area contributed by atoms with Gasteiger partial charge in [-0.1, -0.05) is 30.3 Å². The van der Waals surface area contributed by atoms with E-state index >= 15 is 0 Å². The molecule has 0 aliphatic heterocycles. The van der Waals surface area contributed by atoms with Gasteiger partial charge in [0.2, 0.25) is 0 Å². The number of aldehydes is 1. The van der Waals surface area contributed by atoms with Crippen molar-refractivity contribution in [1.29, 1.82) is 0 Å². The summed E-state index contributed by atoms with van der Waals surface area (Å²) in [6.07, 6.45) is 4.21. The highest BCUT2D eigenvalue weighted by atomic mass is 16.4. The second-order valence-electron chi connectivity index (χ2n) is 3.74. The lowest BCUT2D eigenvalue weighted by Crippen LogP contribution is -2.32. The molecule has 0 fully saturated rings. The van der Waals surface area contributed by atoms with Gasteiger partial charge in [-0.15, -0.1) is 0 Å². The van der Waals surface area contributed by atoms with Crippen molar-refractivity contribution in [3.05, 3.63) is 54.1 Å². The Labute approximate surface area is 110 Å². The number of rotatable bonds is 4. The largest absolute Gasteiger partial charge is 0.480 e. The number of carboxylic acids is 1. The van der Waals surface area contributed by atoms with E-state index in [2.05, 4.69) is 9.97 Å². The third kappa shape index (κ3) is 5.60. The van der Waals surface area contributed by atoms with Crippen LogP contribution >= 0.6 is 0 Å². The zero-order valence-corrected chi connectivity index (χ0v) is 10.2. The highest BCUT2D eigenvalue weighted by Gasteiger charge is 2.12. The van der Waals surface area contributed by atoms with Crippen LogP contribution in [0.25, 0.3) is 0 Å². The lowest BCUT2D eigenvalue weighted by Gasteiger charge is -2.01. The Hall–Kier alpha value is -2.47. The van der Waals surface area contributed by atoms with Gasteiger partial charge in [0, 0.05) is 18.2 Å².